The zero-order chi connectivity index (χ0) is 39.7. The third-order valence-electron chi connectivity index (χ3n) is 13.6. The van der Waals surface area contributed by atoms with Crippen molar-refractivity contribution in [2.24, 2.45) is 0 Å². The molecule has 0 atom stereocenters. The second kappa shape index (κ2) is 12.5. The highest BCUT2D eigenvalue weighted by atomic mass is 32.1. The summed E-state index contributed by atoms with van der Waals surface area (Å²) in [7, 11) is 0. The molecule has 0 saturated heterocycles. The van der Waals surface area contributed by atoms with E-state index < -0.39 is 0 Å². The van der Waals surface area contributed by atoms with Crippen LogP contribution in [-0.4, -0.2) is 0 Å². The lowest BCUT2D eigenvalue weighted by atomic mass is 9.80. The van der Waals surface area contributed by atoms with Crippen molar-refractivity contribution in [3.8, 4) is 44.5 Å². The fourth-order valence-electron chi connectivity index (χ4n) is 10.9. The van der Waals surface area contributed by atoms with Gasteiger partial charge < -0.3 is 0 Å². The molecule has 0 aliphatic heterocycles. The van der Waals surface area contributed by atoms with Gasteiger partial charge in [-0.3, -0.25) is 0 Å². The van der Waals surface area contributed by atoms with Gasteiger partial charge in [-0.25, -0.2) is 0 Å². The van der Waals surface area contributed by atoms with Crippen LogP contribution in [0.15, 0.2) is 194 Å². The van der Waals surface area contributed by atoms with Gasteiger partial charge in [-0.15, -0.1) is 11.3 Å². The second-order valence-corrected chi connectivity index (χ2v) is 18.1. The monoisotopic (exact) mass is 778 g/mol. The summed E-state index contributed by atoms with van der Waals surface area (Å²) in [5.74, 6) is 0. The molecule has 13 rings (SSSR count). The summed E-state index contributed by atoms with van der Waals surface area (Å²) in [5, 5.41) is 15.7. The minimum absolute atomic E-state index is 0.0727. The molecule has 1 aliphatic carbocycles. The van der Waals surface area contributed by atoms with Gasteiger partial charge in [0.1, 0.15) is 0 Å². The lowest BCUT2D eigenvalue weighted by Crippen LogP contribution is -2.14. The molecule has 0 spiro atoms. The predicted octanol–water partition coefficient (Wildman–Crippen LogP) is 17.1. The normalized spacial score (nSPS) is 13.3. The Morgan fingerprint density at radius 3 is 1.52 bits per heavy atom. The molecule has 0 fully saturated rings. The molecule has 1 heteroatoms. The lowest BCUT2D eigenvalue weighted by Gasteiger charge is -2.23. The molecule has 11 aromatic carbocycles. The molecule has 1 heterocycles. The average molecular weight is 779 g/mol. The van der Waals surface area contributed by atoms with Gasteiger partial charge in [0.05, 0.1) is 0 Å². The average Bonchev–Trinajstić information content (AvgIpc) is 3.82. The van der Waals surface area contributed by atoms with Crippen molar-refractivity contribution < 1.29 is 0 Å². The SMILES string of the molecule is CC1(C)c2ccccc2-c2ccc(-c3c4ccccc4c(-c4cccc(-c5cc6ccccc6c6c5sc5c7ccccc7c7ccccc7c56)c4)c4ccccc34)cc21. The van der Waals surface area contributed by atoms with E-state index in [-0.39, 0.29) is 5.41 Å². The maximum atomic E-state index is 2.48. The maximum Gasteiger partial charge on any atom is 0.0440 e. The van der Waals surface area contributed by atoms with Crippen LogP contribution in [-0.2, 0) is 5.41 Å². The van der Waals surface area contributed by atoms with Gasteiger partial charge in [0.25, 0.3) is 0 Å². The van der Waals surface area contributed by atoms with Crippen molar-refractivity contribution in [2.45, 2.75) is 19.3 Å². The predicted molar refractivity (Wildman–Crippen MR) is 261 cm³/mol. The van der Waals surface area contributed by atoms with Crippen LogP contribution in [0.4, 0.5) is 0 Å². The Balaban J connectivity index is 1.06. The summed E-state index contributed by atoms with van der Waals surface area (Å²) in [4.78, 5) is 0. The number of benzene rings is 11. The van der Waals surface area contributed by atoms with E-state index in [2.05, 4.69) is 208 Å². The van der Waals surface area contributed by atoms with Crippen LogP contribution in [0, 0.1) is 0 Å². The van der Waals surface area contributed by atoms with Crippen LogP contribution >= 0.6 is 11.3 Å². The first-order valence-corrected chi connectivity index (χ1v) is 21.8. The molecule has 0 saturated carbocycles. The first kappa shape index (κ1) is 33.9. The number of hydrogen-bond donors (Lipinski definition) is 0. The number of thiophene rings is 1. The molecule has 0 unspecified atom stereocenters. The zero-order valence-electron chi connectivity index (χ0n) is 33.4. The van der Waals surface area contributed by atoms with Gasteiger partial charge in [0.2, 0.25) is 0 Å². The summed E-state index contributed by atoms with van der Waals surface area (Å²) in [6, 6.07) is 73.0. The first-order valence-electron chi connectivity index (χ1n) is 21.0. The number of rotatable bonds is 3. The Kier molecular flexibility index (Phi) is 7.04. The summed E-state index contributed by atoms with van der Waals surface area (Å²) in [5.41, 5.74) is 13.0. The van der Waals surface area contributed by atoms with Gasteiger partial charge >= 0.3 is 0 Å². The van der Waals surface area contributed by atoms with E-state index in [1.54, 1.807) is 0 Å². The molecule has 280 valence electrons. The summed E-state index contributed by atoms with van der Waals surface area (Å²) < 4.78 is 2.70. The third-order valence-corrected chi connectivity index (χ3v) is 14.9. The smallest absolute Gasteiger partial charge is 0.0440 e. The Morgan fingerprint density at radius 1 is 0.317 bits per heavy atom. The van der Waals surface area contributed by atoms with Crippen molar-refractivity contribution in [1.82, 2.24) is 0 Å². The molecular weight excluding hydrogens is 741 g/mol. The highest BCUT2D eigenvalue weighted by Gasteiger charge is 2.35. The van der Waals surface area contributed by atoms with E-state index in [0.29, 0.717) is 0 Å². The van der Waals surface area contributed by atoms with E-state index in [0.717, 1.165) is 0 Å². The Bertz CT molecular complexity index is 3750. The van der Waals surface area contributed by atoms with Gasteiger partial charge in [-0.1, -0.05) is 190 Å². The molecule has 1 aromatic heterocycles. The standard InChI is InChI=1S/C59H38S/c1-59(2)51-29-14-13-22-42(51)43-31-30-38(34-52(43)59)54-47-26-10-8-24-45(47)53(46-25-9-11-27-48(46)54)37-18-15-17-35(32-37)50-33-36-16-3-4-19-39(36)55-56-44-23-7-5-20-40(44)41-21-6-12-28-49(41)57(56)60-58(50)55/h3-34H,1-2H3. The molecular formula is C59H38S. The number of hydrogen-bond acceptors (Lipinski definition) is 1. The van der Waals surface area contributed by atoms with Gasteiger partial charge in [0.15, 0.2) is 0 Å². The quantitative estimate of drug-likeness (QED) is 0.124. The molecule has 12 aromatic rings. The fourth-order valence-corrected chi connectivity index (χ4v) is 12.3. The van der Waals surface area contributed by atoms with Gasteiger partial charge in [-0.05, 0) is 117 Å². The minimum Gasteiger partial charge on any atom is -0.134 e. The van der Waals surface area contributed by atoms with Crippen LogP contribution in [0.5, 0.6) is 0 Å². The summed E-state index contributed by atoms with van der Waals surface area (Å²) in [6.07, 6.45) is 0. The van der Waals surface area contributed by atoms with Crippen molar-refractivity contribution in [1.29, 1.82) is 0 Å². The van der Waals surface area contributed by atoms with Gasteiger partial charge in [0, 0.05) is 36.5 Å². The maximum absolute atomic E-state index is 2.48. The molecule has 0 N–H and O–H groups in total. The Hall–Kier alpha value is -7.06. The van der Waals surface area contributed by atoms with Crippen LogP contribution in [0.25, 0.3) is 119 Å². The summed E-state index contributed by atoms with van der Waals surface area (Å²) in [6.45, 7) is 4.75. The molecule has 0 bridgehead atoms. The Labute approximate surface area is 352 Å². The van der Waals surface area contributed by atoms with E-state index in [4.69, 9.17) is 0 Å². The molecule has 1 aliphatic rings. The highest BCUT2D eigenvalue weighted by molar-refractivity contribution is 7.27. The van der Waals surface area contributed by atoms with Crippen molar-refractivity contribution in [3.63, 3.8) is 0 Å². The molecule has 0 amide bonds. The van der Waals surface area contributed by atoms with E-state index in [9.17, 15) is 0 Å². The van der Waals surface area contributed by atoms with Crippen LogP contribution in [0.3, 0.4) is 0 Å². The first-order chi connectivity index (χ1) is 29.5. The zero-order valence-corrected chi connectivity index (χ0v) is 34.2. The topological polar surface area (TPSA) is 0 Å². The van der Waals surface area contributed by atoms with Crippen LogP contribution in [0.1, 0.15) is 25.0 Å². The van der Waals surface area contributed by atoms with Crippen LogP contribution in [0.2, 0.25) is 0 Å². The van der Waals surface area contributed by atoms with Gasteiger partial charge in [-0.2, -0.15) is 0 Å². The second-order valence-electron chi connectivity index (χ2n) is 17.1. The largest absolute Gasteiger partial charge is 0.134 e. The van der Waals surface area contributed by atoms with Crippen molar-refractivity contribution in [2.75, 3.05) is 0 Å². The Morgan fingerprint density at radius 2 is 0.817 bits per heavy atom. The third kappa shape index (κ3) is 4.61. The lowest BCUT2D eigenvalue weighted by molar-refractivity contribution is 0.660. The van der Waals surface area contributed by atoms with Crippen molar-refractivity contribution in [3.05, 3.63) is 205 Å². The molecule has 60 heavy (non-hydrogen) atoms. The fraction of sp³-hybridized carbons (Fsp3) is 0.0508. The van der Waals surface area contributed by atoms with E-state index in [1.807, 2.05) is 11.3 Å². The number of fused-ring (bicyclic) bond motifs is 15. The molecule has 0 radical (unpaired) electrons. The van der Waals surface area contributed by atoms with Crippen molar-refractivity contribution >= 4 is 85.4 Å². The van der Waals surface area contributed by atoms with E-state index in [1.165, 1.54) is 130 Å². The van der Waals surface area contributed by atoms with E-state index >= 15 is 0 Å². The summed E-state index contributed by atoms with van der Waals surface area (Å²) >= 11 is 1.95. The molecule has 0 nitrogen and oxygen atoms in total. The highest BCUT2D eigenvalue weighted by Crippen LogP contribution is 2.53. The minimum atomic E-state index is -0.0727. The van der Waals surface area contributed by atoms with Crippen LogP contribution < -0.4 is 0 Å².